The first kappa shape index (κ1) is 12.6. The summed E-state index contributed by atoms with van der Waals surface area (Å²) in [6, 6.07) is 17.5. The first-order valence-electron chi connectivity index (χ1n) is 5.72. The van der Waals surface area contributed by atoms with Crippen molar-refractivity contribution >= 4 is 23.5 Å². The van der Waals surface area contributed by atoms with Gasteiger partial charge in [0, 0.05) is 14.7 Å². The lowest BCUT2D eigenvalue weighted by atomic mass is 10.2. The molecule has 88 valence electrons. The zero-order chi connectivity index (χ0) is 12.1. The van der Waals surface area contributed by atoms with Crippen LogP contribution in [-0.2, 0) is 6.42 Å². The summed E-state index contributed by atoms with van der Waals surface area (Å²) in [5.41, 5.74) is 1.40. The second-order valence-electron chi connectivity index (χ2n) is 3.78. The third-order valence-corrected chi connectivity index (χ3v) is 4.33. The van der Waals surface area contributed by atoms with Crippen LogP contribution in [0.25, 0.3) is 0 Å². The van der Waals surface area contributed by atoms with E-state index in [1.165, 1.54) is 20.2 Å². The normalized spacial score (nSPS) is 10.5. The van der Waals surface area contributed by atoms with E-state index in [9.17, 15) is 0 Å². The quantitative estimate of drug-likeness (QED) is 0.700. The SMILES string of the molecule is CCc1ccc(Sc2cccc(SC)c2)cc1. The number of aryl methyl sites for hydroxylation is 1. The Hall–Kier alpha value is -0.860. The highest BCUT2D eigenvalue weighted by molar-refractivity contribution is 7.99. The van der Waals surface area contributed by atoms with E-state index in [1.807, 2.05) is 11.8 Å². The molecule has 0 saturated heterocycles. The van der Waals surface area contributed by atoms with E-state index >= 15 is 0 Å². The summed E-state index contributed by atoms with van der Waals surface area (Å²) in [5.74, 6) is 0. The molecule has 2 aromatic rings. The Balaban J connectivity index is 2.13. The zero-order valence-electron chi connectivity index (χ0n) is 10.1. The van der Waals surface area contributed by atoms with Gasteiger partial charge in [0.15, 0.2) is 0 Å². The fourth-order valence-electron chi connectivity index (χ4n) is 1.59. The summed E-state index contributed by atoms with van der Waals surface area (Å²) in [6.07, 6.45) is 3.22. The third-order valence-electron chi connectivity index (χ3n) is 2.61. The fourth-order valence-corrected chi connectivity index (χ4v) is 3.00. The van der Waals surface area contributed by atoms with Gasteiger partial charge < -0.3 is 0 Å². The number of rotatable bonds is 4. The Morgan fingerprint density at radius 1 is 0.882 bits per heavy atom. The van der Waals surface area contributed by atoms with Gasteiger partial charge in [0.05, 0.1) is 0 Å². The van der Waals surface area contributed by atoms with Crippen LogP contribution < -0.4 is 0 Å². The molecule has 0 aliphatic heterocycles. The van der Waals surface area contributed by atoms with Crippen LogP contribution >= 0.6 is 23.5 Å². The summed E-state index contributed by atoms with van der Waals surface area (Å²) < 4.78 is 0. The maximum Gasteiger partial charge on any atom is 0.0133 e. The van der Waals surface area contributed by atoms with Gasteiger partial charge >= 0.3 is 0 Å². The smallest absolute Gasteiger partial charge is 0.0133 e. The summed E-state index contributed by atoms with van der Waals surface area (Å²) >= 11 is 3.61. The van der Waals surface area contributed by atoms with Crippen LogP contribution in [0.3, 0.4) is 0 Å². The largest absolute Gasteiger partial charge is 0.130 e. The van der Waals surface area contributed by atoms with Gasteiger partial charge in [0.1, 0.15) is 0 Å². The van der Waals surface area contributed by atoms with Crippen LogP contribution in [0.1, 0.15) is 12.5 Å². The highest BCUT2D eigenvalue weighted by Gasteiger charge is 1.99. The Morgan fingerprint density at radius 3 is 2.24 bits per heavy atom. The highest BCUT2D eigenvalue weighted by atomic mass is 32.2. The minimum Gasteiger partial charge on any atom is -0.130 e. The molecular weight excluding hydrogens is 244 g/mol. The molecule has 2 heteroatoms. The molecule has 0 amide bonds. The van der Waals surface area contributed by atoms with E-state index in [4.69, 9.17) is 0 Å². The molecule has 0 radical (unpaired) electrons. The van der Waals surface area contributed by atoms with Crippen molar-refractivity contribution in [2.75, 3.05) is 6.26 Å². The van der Waals surface area contributed by atoms with Crippen LogP contribution in [0.4, 0.5) is 0 Å². The van der Waals surface area contributed by atoms with Crippen LogP contribution in [0, 0.1) is 0 Å². The van der Waals surface area contributed by atoms with Crippen LogP contribution in [-0.4, -0.2) is 6.26 Å². The molecule has 2 aromatic carbocycles. The molecule has 0 fully saturated rings. The van der Waals surface area contributed by atoms with Gasteiger partial charge in [-0.05, 0) is 48.6 Å². The molecule has 0 atom stereocenters. The average molecular weight is 260 g/mol. The predicted octanol–water partition coefficient (Wildman–Crippen LogP) is 5.12. The maximum absolute atomic E-state index is 2.24. The predicted molar refractivity (Wildman–Crippen MR) is 78.2 cm³/mol. The lowest BCUT2D eigenvalue weighted by Gasteiger charge is -2.04. The van der Waals surface area contributed by atoms with Gasteiger partial charge in [-0.1, -0.05) is 36.9 Å². The second kappa shape index (κ2) is 6.18. The molecule has 2 rings (SSSR count). The Kier molecular flexibility index (Phi) is 4.57. The molecule has 0 spiro atoms. The number of hydrogen-bond donors (Lipinski definition) is 0. The zero-order valence-corrected chi connectivity index (χ0v) is 11.8. The topological polar surface area (TPSA) is 0 Å². The number of benzene rings is 2. The molecule has 0 aliphatic rings. The highest BCUT2D eigenvalue weighted by Crippen LogP contribution is 2.30. The van der Waals surface area contributed by atoms with Crippen molar-refractivity contribution in [3.63, 3.8) is 0 Å². The molecule has 0 saturated carbocycles. The Labute approximate surface area is 112 Å². The molecule has 0 aromatic heterocycles. The van der Waals surface area contributed by atoms with E-state index < -0.39 is 0 Å². The molecule has 0 aliphatic carbocycles. The van der Waals surface area contributed by atoms with Crippen LogP contribution in [0.2, 0.25) is 0 Å². The summed E-state index contributed by atoms with van der Waals surface area (Å²) in [7, 11) is 0. The van der Waals surface area contributed by atoms with Crippen molar-refractivity contribution in [2.24, 2.45) is 0 Å². The van der Waals surface area contributed by atoms with Gasteiger partial charge in [-0.15, -0.1) is 11.8 Å². The van der Waals surface area contributed by atoms with E-state index in [1.54, 1.807) is 11.8 Å². The minimum atomic E-state index is 1.10. The van der Waals surface area contributed by atoms with Crippen molar-refractivity contribution in [3.8, 4) is 0 Å². The van der Waals surface area contributed by atoms with E-state index in [-0.39, 0.29) is 0 Å². The van der Waals surface area contributed by atoms with Crippen molar-refractivity contribution in [1.82, 2.24) is 0 Å². The number of hydrogen-bond acceptors (Lipinski definition) is 2. The van der Waals surface area contributed by atoms with Gasteiger partial charge in [-0.3, -0.25) is 0 Å². The monoisotopic (exact) mass is 260 g/mol. The average Bonchev–Trinajstić information content (AvgIpc) is 2.40. The van der Waals surface area contributed by atoms with Crippen molar-refractivity contribution in [3.05, 3.63) is 54.1 Å². The Morgan fingerprint density at radius 2 is 1.59 bits per heavy atom. The minimum absolute atomic E-state index is 1.10. The summed E-state index contributed by atoms with van der Waals surface area (Å²) in [4.78, 5) is 3.93. The molecule has 0 nitrogen and oxygen atoms in total. The molecule has 0 N–H and O–H groups in total. The van der Waals surface area contributed by atoms with E-state index in [2.05, 4.69) is 61.7 Å². The third kappa shape index (κ3) is 3.55. The Bertz CT molecular complexity index is 475. The molecular formula is C15H16S2. The van der Waals surface area contributed by atoms with Crippen LogP contribution in [0.15, 0.2) is 63.2 Å². The van der Waals surface area contributed by atoms with Gasteiger partial charge in [-0.25, -0.2) is 0 Å². The molecule has 0 unspecified atom stereocenters. The van der Waals surface area contributed by atoms with Gasteiger partial charge in [0.2, 0.25) is 0 Å². The first-order valence-corrected chi connectivity index (χ1v) is 7.77. The van der Waals surface area contributed by atoms with Crippen LogP contribution in [0.5, 0.6) is 0 Å². The van der Waals surface area contributed by atoms with Gasteiger partial charge in [0.25, 0.3) is 0 Å². The van der Waals surface area contributed by atoms with Crippen molar-refractivity contribution in [1.29, 1.82) is 0 Å². The van der Waals surface area contributed by atoms with Gasteiger partial charge in [-0.2, -0.15) is 0 Å². The maximum atomic E-state index is 2.24. The summed E-state index contributed by atoms with van der Waals surface area (Å²) in [6.45, 7) is 2.18. The van der Waals surface area contributed by atoms with Crippen molar-refractivity contribution < 1.29 is 0 Å². The second-order valence-corrected chi connectivity index (χ2v) is 5.81. The lowest BCUT2D eigenvalue weighted by molar-refractivity contribution is 1.13. The standard InChI is InChI=1S/C15H16S2/c1-3-12-7-9-13(10-8-12)17-15-6-4-5-14(11-15)16-2/h4-11H,3H2,1-2H3. The lowest BCUT2D eigenvalue weighted by Crippen LogP contribution is -1.79. The summed E-state index contributed by atoms with van der Waals surface area (Å²) in [5, 5.41) is 0. The first-order chi connectivity index (χ1) is 8.31. The molecule has 0 bridgehead atoms. The molecule has 17 heavy (non-hydrogen) atoms. The fraction of sp³-hybridized carbons (Fsp3) is 0.200. The number of thioether (sulfide) groups is 1. The molecule has 0 heterocycles. The van der Waals surface area contributed by atoms with E-state index in [0.717, 1.165) is 6.42 Å². The van der Waals surface area contributed by atoms with Crippen molar-refractivity contribution in [2.45, 2.75) is 28.0 Å². The van der Waals surface area contributed by atoms with E-state index in [0.29, 0.717) is 0 Å².